The fourth-order valence-corrected chi connectivity index (χ4v) is 2.48. The molecule has 0 N–H and O–H groups in total. The van der Waals surface area contributed by atoms with Crippen LogP contribution >= 0.6 is 23.4 Å². The summed E-state index contributed by atoms with van der Waals surface area (Å²) in [6.45, 7) is 0. The summed E-state index contributed by atoms with van der Waals surface area (Å²) >= 11 is 7.06. The van der Waals surface area contributed by atoms with Gasteiger partial charge in [-0.15, -0.1) is 0 Å². The number of halogens is 1. The molecule has 1 aromatic heterocycles. The number of aromatic nitrogens is 2. The summed E-state index contributed by atoms with van der Waals surface area (Å²) in [4.78, 5) is 20.2. The van der Waals surface area contributed by atoms with Crippen LogP contribution in [0.4, 0.5) is 11.4 Å². The van der Waals surface area contributed by atoms with E-state index in [1.54, 1.807) is 37.4 Å². The zero-order valence-corrected chi connectivity index (χ0v) is 14.6. The van der Waals surface area contributed by atoms with Gasteiger partial charge < -0.3 is 9.64 Å². The van der Waals surface area contributed by atoms with Gasteiger partial charge in [0.15, 0.2) is 10.9 Å². The van der Waals surface area contributed by atoms with Gasteiger partial charge in [-0.1, -0.05) is 23.4 Å². The minimum atomic E-state index is -0.703. The van der Waals surface area contributed by atoms with E-state index in [0.29, 0.717) is 11.3 Å². The maximum atomic E-state index is 11.3. The topological polar surface area (TPSA) is 105 Å². The lowest BCUT2D eigenvalue weighted by atomic mass is 10.2. The van der Waals surface area contributed by atoms with Gasteiger partial charge in [0.25, 0.3) is 0 Å². The number of thioether (sulfide) groups is 1. The zero-order chi connectivity index (χ0) is 17.9. The maximum Gasteiger partial charge on any atom is 0.368 e. The highest BCUT2D eigenvalue weighted by atomic mass is 35.5. The van der Waals surface area contributed by atoms with E-state index in [0.717, 1.165) is 0 Å². The molecule has 0 fully saturated rings. The second-order valence-electron chi connectivity index (χ2n) is 4.70. The lowest BCUT2D eigenvalue weighted by Gasteiger charge is -2.17. The van der Waals surface area contributed by atoms with Gasteiger partial charge in [-0.2, -0.15) is 10.2 Å². The van der Waals surface area contributed by atoms with Crippen molar-refractivity contribution in [2.75, 3.05) is 25.3 Å². The molecule has 0 aliphatic carbocycles. The fourth-order valence-electron chi connectivity index (χ4n) is 1.84. The Hall–Kier alpha value is -2.57. The molecule has 2 rings (SSSR count). The van der Waals surface area contributed by atoms with E-state index in [1.165, 1.54) is 17.8 Å². The highest BCUT2D eigenvalue weighted by Crippen LogP contribution is 2.39. The first-order chi connectivity index (χ1) is 11.4. The predicted molar refractivity (Wildman–Crippen MR) is 91.0 cm³/mol. The molecule has 0 amide bonds. The first-order valence-electron chi connectivity index (χ1n) is 6.52. The lowest BCUT2D eigenvalue weighted by Crippen LogP contribution is -2.10. The summed E-state index contributed by atoms with van der Waals surface area (Å²) in [5.74, 6) is -0.0218. The van der Waals surface area contributed by atoms with Crippen LogP contribution in [-0.4, -0.2) is 35.2 Å². The molecule has 1 heterocycles. The highest BCUT2D eigenvalue weighted by Gasteiger charge is 2.26. The van der Waals surface area contributed by atoms with Crippen LogP contribution < -0.4 is 9.64 Å². The van der Waals surface area contributed by atoms with Gasteiger partial charge >= 0.3 is 11.6 Å². The standard InChI is InChI=1S/C14H12ClN5O3S/c1-19(2)9-5-4-8(7-16)6-10(9)23-13-11(20(21)22)12(15)17-14(18-13)24-3/h4-6H,1-3H3. The van der Waals surface area contributed by atoms with Gasteiger partial charge in [-0.05, 0) is 18.4 Å². The van der Waals surface area contributed by atoms with Crippen molar-refractivity contribution in [2.24, 2.45) is 0 Å². The molecule has 24 heavy (non-hydrogen) atoms. The number of ether oxygens (including phenoxy) is 1. The van der Waals surface area contributed by atoms with Crippen molar-refractivity contribution >= 4 is 34.7 Å². The van der Waals surface area contributed by atoms with Crippen LogP contribution in [0.1, 0.15) is 5.56 Å². The molecule has 0 unspecified atom stereocenters. The smallest absolute Gasteiger partial charge is 0.368 e. The van der Waals surface area contributed by atoms with Crippen molar-refractivity contribution in [2.45, 2.75) is 5.16 Å². The van der Waals surface area contributed by atoms with Gasteiger partial charge in [0.1, 0.15) is 0 Å². The molecule has 0 atom stereocenters. The quantitative estimate of drug-likeness (QED) is 0.260. The van der Waals surface area contributed by atoms with E-state index in [-0.39, 0.29) is 21.9 Å². The third-order valence-electron chi connectivity index (χ3n) is 2.93. The van der Waals surface area contributed by atoms with Crippen molar-refractivity contribution in [3.63, 3.8) is 0 Å². The van der Waals surface area contributed by atoms with Gasteiger partial charge in [0.2, 0.25) is 5.15 Å². The Morgan fingerprint density at radius 2 is 2.12 bits per heavy atom. The van der Waals surface area contributed by atoms with E-state index >= 15 is 0 Å². The molecular formula is C14H12ClN5O3S. The van der Waals surface area contributed by atoms with E-state index < -0.39 is 10.6 Å². The van der Waals surface area contributed by atoms with Gasteiger partial charge in [0.05, 0.1) is 22.2 Å². The van der Waals surface area contributed by atoms with Crippen LogP contribution in [0.25, 0.3) is 0 Å². The number of benzene rings is 1. The van der Waals surface area contributed by atoms with Crippen LogP contribution in [0.2, 0.25) is 5.15 Å². The summed E-state index contributed by atoms with van der Waals surface area (Å²) in [5.41, 5.74) is 0.453. The first kappa shape index (κ1) is 17.8. The Bertz CT molecular complexity index is 838. The molecular weight excluding hydrogens is 354 g/mol. The molecule has 0 bridgehead atoms. The predicted octanol–water partition coefficient (Wildman–Crippen LogP) is 3.49. The third kappa shape index (κ3) is 3.67. The van der Waals surface area contributed by atoms with E-state index in [9.17, 15) is 10.1 Å². The number of hydrogen-bond acceptors (Lipinski definition) is 8. The minimum Gasteiger partial charge on any atom is -0.431 e. The van der Waals surface area contributed by atoms with Crippen molar-refractivity contribution in [1.82, 2.24) is 9.97 Å². The Morgan fingerprint density at radius 1 is 1.42 bits per heavy atom. The second-order valence-corrected chi connectivity index (χ2v) is 5.83. The molecule has 0 spiro atoms. The number of anilines is 1. The average molecular weight is 366 g/mol. The Kier molecular flexibility index (Phi) is 5.43. The SMILES string of the molecule is CSc1nc(Cl)c([N+](=O)[O-])c(Oc2cc(C#N)ccc2N(C)C)n1. The summed E-state index contributed by atoms with van der Waals surface area (Å²) in [5, 5.41) is 20.2. The molecule has 8 nitrogen and oxygen atoms in total. The minimum absolute atomic E-state index is 0.239. The summed E-state index contributed by atoms with van der Waals surface area (Å²) in [6.07, 6.45) is 1.71. The molecule has 0 aliphatic heterocycles. The molecule has 0 saturated heterocycles. The summed E-state index contributed by atoms with van der Waals surface area (Å²) in [6, 6.07) is 6.78. The van der Waals surface area contributed by atoms with Crippen LogP contribution in [0.15, 0.2) is 23.4 Å². The maximum absolute atomic E-state index is 11.3. The summed E-state index contributed by atoms with van der Waals surface area (Å²) < 4.78 is 5.65. The molecule has 10 heteroatoms. The van der Waals surface area contributed by atoms with Crippen molar-refractivity contribution in [3.05, 3.63) is 39.0 Å². The summed E-state index contributed by atoms with van der Waals surface area (Å²) in [7, 11) is 3.56. The Labute approximate surface area is 147 Å². The lowest BCUT2D eigenvalue weighted by molar-refractivity contribution is -0.386. The zero-order valence-electron chi connectivity index (χ0n) is 13.0. The monoisotopic (exact) mass is 365 g/mol. The largest absolute Gasteiger partial charge is 0.431 e. The van der Waals surface area contributed by atoms with Gasteiger partial charge in [-0.25, -0.2) is 4.98 Å². The molecule has 0 saturated carbocycles. The molecule has 124 valence electrons. The first-order valence-corrected chi connectivity index (χ1v) is 8.13. The van der Waals surface area contributed by atoms with Gasteiger partial charge in [-0.3, -0.25) is 10.1 Å². The Balaban J connectivity index is 2.61. The molecule has 0 aliphatic rings. The number of hydrogen-bond donors (Lipinski definition) is 0. The third-order valence-corrected chi connectivity index (χ3v) is 3.74. The molecule has 1 aromatic carbocycles. The van der Waals surface area contributed by atoms with E-state index in [4.69, 9.17) is 21.6 Å². The normalized spacial score (nSPS) is 10.1. The van der Waals surface area contributed by atoms with E-state index in [2.05, 4.69) is 9.97 Å². The van der Waals surface area contributed by atoms with Crippen LogP contribution in [0.3, 0.4) is 0 Å². The molecule has 2 aromatic rings. The van der Waals surface area contributed by atoms with E-state index in [1.807, 2.05) is 6.07 Å². The fraction of sp³-hybridized carbons (Fsp3) is 0.214. The number of rotatable bonds is 5. The van der Waals surface area contributed by atoms with Crippen LogP contribution in [0, 0.1) is 21.4 Å². The number of nitriles is 1. The van der Waals surface area contributed by atoms with Crippen molar-refractivity contribution < 1.29 is 9.66 Å². The number of nitrogens with zero attached hydrogens (tertiary/aromatic N) is 5. The van der Waals surface area contributed by atoms with Gasteiger partial charge in [0, 0.05) is 20.2 Å². The van der Waals surface area contributed by atoms with Crippen molar-refractivity contribution in [3.8, 4) is 17.7 Å². The van der Waals surface area contributed by atoms with Crippen LogP contribution in [-0.2, 0) is 0 Å². The van der Waals surface area contributed by atoms with Crippen LogP contribution in [0.5, 0.6) is 11.6 Å². The highest BCUT2D eigenvalue weighted by molar-refractivity contribution is 7.98. The average Bonchev–Trinajstić information content (AvgIpc) is 2.53. The Morgan fingerprint density at radius 3 is 2.67 bits per heavy atom. The molecule has 0 radical (unpaired) electrons. The number of nitro groups is 1. The second kappa shape index (κ2) is 7.33. The van der Waals surface area contributed by atoms with Crippen molar-refractivity contribution in [1.29, 1.82) is 5.26 Å².